The number of carbonyl (C=O) groups is 1. The molecule has 164 valence electrons. The summed E-state index contributed by atoms with van der Waals surface area (Å²) in [5.74, 6) is 1.06. The van der Waals surface area contributed by atoms with E-state index in [4.69, 9.17) is 9.47 Å². The number of benzene rings is 2. The Morgan fingerprint density at radius 2 is 1.91 bits per heavy atom. The third kappa shape index (κ3) is 3.93. The molecule has 1 saturated heterocycles. The molecule has 1 fully saturated rings. The molecule has 0 radical (unpaired) electrons. The van der Waals surface area contributed by atoms with Crippen LogP contribution >= 0.6 is 0 Å². The van der Waals surface area contributed by atoms with Crippen molar-refractivity contribution in [2.45, 2.75) is 25.9 Å². The van der Waals surface area contributed by atoms with Crippen molar-refractivity contribution in [1.29, 1.82) is 0 Å². The van der Waals surface area contributed by atoms with Crippen LogP contribution in [0.5, 0.6) is 11.5 Å². The maximum Gasteiger partial charge on any atom is 0.263 e. The van der Waals surface area contributed by atoms with Gasteiger partial charge in [0.1, 0.15) is 5.56 Å². The zero-order valence-corrected chi connectivity index (χ0v) is 17.9. The predicted molar refractivity (Wildman–Crippen MR) is 122 cm³/mol. The molecule has 0 bridgehead atoms. The SMILES string of the molecule is Cc1ccn(Cc2ccc3c(c2)OCO3)c(=O)c1C(=O)NC1CCN(c2ccccc2)C1. The molecular weight excluding hydrogens is 406 g/mol. The van der Waals surface area contributed by atoms with Gasteiger partial charge < -0.3 is 24.3 Å². The van der Waals surface area contributed by atoms with Gasteiger partial charge in [-0.25, -0.2) is 0 Å². The van der Waals surface area contributed by atoms with Gasteiger partial charge in [0.2, 0.25) is 6.79 Å². The number of pyridine rings is 1. The molecule has 7 nitrogen and oxygen atoms in total. The number of hydrogen-bond acceptors (Lipinski definition) is 5. The fraction of sp³-hybridized carbons (Fsp3) is 0.280. The lowest BCUT2D eigenvalue weighted by atomic mass is 10.1. The van der Waals surface area contributed by atoms with E-state index in [9.17, 15) is 9.59 Å². The van der Waals surface area contributed by atoms with Crippen LogP contribution in [0.3, 0.4) is 0 Å². The van der Waals surface area contributed by atoms with Crippen LogP contribution in [-0.4, -0.2) is 36.4 Å². The first kappa shape index (κ1) is 20.2. The first-order valence-electron chi connectivity index (χ1n) is 10.8. The summed E-state index contributed by atoms with van der Waals surface area (Å²) in [5.41, 5.74) is 2.63. The zero-order valence-electron chi connectivity index (χ0n) is 17.9. The number of ether oxygens (including phenoxy) is 2. The normalized spacial score (nSPS) is 16.9. The molecule has 32 heavy (non-hydrogen) atoms. The van der Waals surface area contributed by atoms with Crippen molar-refractivity contribution < 1.29 is 14.3 Å². The second-order valence-corrected chi connectivity index (χ2v) is 8.24. The Balaban J connectivity index is 1.31. The third-order valence-corrected chi connectivity index (χ3v) is 6.04. The highest BCUT2D eigenvalue weighted by Crippen LogP contribution is 2.32. The van der Waals surface area contributed by atoms with Gasteiger partial charge in [-0.1, -0.05) is 24.3 Å². The molecule has 1 unspecified atom stereocenters. The maximum absolute atomic E-state index is 13.2. The zero-order chi connectivity index (χ0) is 22.1. The second-order valence-electron chi connectivity index (χ2n) is 8.24. The monoisotopic (exact) mass is 431 g/mol. The molecule has 0 aliphatic carbocycles. The summed E-state index contributed by atoms with van der Waals surface area (Å²) >= 11 is 0. The number of rotatable bonds is 5. The van der Waals surface area contributed by atoms with Gasteiger partial charge in [0.05, 0.1) is 6.54 Å². The van der Waals surface area contributed by atoms with E-state index in [1.165, 1.54) is 0 Å². The molecule has 7 heteroatoms. The number of para-hydroxylation sites is 1. The van der Waals surface area contributed by atoms with Crippen LogP contribution in [0.4, 0.5) is 5.69 Å². The highest BCUT2D eigenvalue weighted by molar-refractivity contribution is 5.95. The Hall–Kier alpha value is -3.74. The van der Waals surface area contributed by atoms with Crippen molar-refractivity contribution in [3.05, 3.63) is 87.8 Å². The van der Waals surface area contributed by atoms with Gasteiger partial charge in [0, 0.05) is 31.0 Å². The highest BCUT2D eigenvalue weighted by atomic mass is 16.7. The van der Waals surface area contributed by atoms with Crippen molar-refractivity contribution in [2.75, 3.05) is 24.8 Å². The Kier molecular flexibility index (Phi) is 5.31. The van der Waals surface area contributed by atoms with E-state index in [2.05, 4.69) is 22.3 Å². The molecule has 1 atom stereocenters. The van der Waals surface area contributed by atoms with Crippen LogP contribution in [0.2, 0.25) is 0 Å². The molecule has 0 spiro atoms. The highest BCUT2D eigenvalue weighted by Gasteiger charge is 2.26. The minimum absolute atomic E-state index is 0.00372. The number of anilines is 1. The molecule has 2 aliphatic heterocycles. The predicted octanol–water partition coefficient (Wildman–Crippen LogP) is 2.94. The van der Waals surface area contributed by atoms with Gasteiger partial charge in [-0.05, 0) is 54.8 Å². The third-order valence-electron chi connectivity index (χ3n) is 6.04. The fourth-order valence-corrected chi connectivity index (χ4v) is 4.31. The smallest absolute Gasteiger partial charge is 0.263 e. The second kappa shape index (κ2) is 8.42. The summed E-state index contributed by atoms with van der Waals surface area (Å²) in [6.45, 7) is 3.95. The average molecular weight is 431 g/mol. The lowest BCUT2D eigenvalue weighted by Crippen LogP contribution is -2.41. The Morgan fingerprint density at radius 3 is 2.75 bits per heavy atom. The largest absolute Gasteiger partial charge is 0.454 e. The average Bonchev–Trinajstić information content (AvgIpc) is 3.45. The first-order valence-corrected chi connectivity index (χ1v) is 10.8. The Labute approximate surface area is 186 Å². The summed E-state index contributed by atoms with van der Waals surface area (Å²) < 4.78 is 12.3. The van der Waals surface area contributed by atoms with Crippen molar-refractivity contribution in [1.82, 2.24) is 9.88 Å². The minimum Gasteiger partial charge on any atom is -0.454 e. The topological polar surface area (TPSA) is 72.8 Å². The number of hydrogen-bond donors (Lipinski definition) is 1. The minimum atomic E-state index is -0.313. The summed E-state index contributed by atoms with van der Waals surface area (Å²) in [6, 6.07) is 17.6. The van der Waals surface area contributed by atoms with Crippen LogP contribution in [-0.2, 0) is 6.54 Å². The van der Waals surface area contributed by atoms with E-state index < -0.39 is 0 Å². The molecule has 2 aliphatic rings. The molecule has 0 saturated carbocycles. The lowest BCUT2D eigenvalue weighted by molar-refractivity contribution is 0.0937. The van der Waals surface area contributed by atoms with E-state index in [1.54, 1.807) is 17.7 Å². The lowest BCUT2D eigenvalue weighted by Gasteiger charge is -2.19. The quantitative estimate of drug-likeness (QED) is 0.673. The number of carbonyl (C=O) groups excluding carboxylic acids is 1. The van der Waals surface area contributed by atoms with E-state index in [-0.39, 0.29) is 29.9 Å². The number of nitrogens with one attached hydrogen (secondary N) is 1. The first-order chi connectivity index (χ1) is 15.6. The van der Waals surface area contributed by atoms with Crippen LogP contribution < -0.4 is 25.2 Å². The van der Waals surface area contributed by atoms with E-state index in [1.807, 2.05) is 42.5 Å². The summed E-state index contributed by atoms with van der Waals surface area (Å²) in [6.07, 6.45) is 2.57. The van der Waals surface area contributed by atoms with Crippen LogP contribution in [0.1, 0.15) is 27.9 Å². The van der Waals surface area contributed by atoms with Gasteiger partial charge >= 0.3 is 0 Å². The van der Waals surface area contributed by atoms with E-state index >= 15 is 0 Å². The maximum atomic E-state index is 13.2. The molecule has 5 rings (SSSR count). The molecule has 3 aromatic rings. The molecule has 1 amide bonds. The van der Waals surface area contributed by atoms with Crippen molar-refractivity contribution in [3.8, 4) is 11.5 Å². The number of fused-ring (bicyclic) bond motifs is 1. The van der Waals surface area contributed by atoms with Gasteiger partial charge in [-0.15, -0.1) is 0 Å². The van der Waals surface area contributed by atoms with Gasteiger partial charge in [-0.3, -0.25) is 9.59 Å². The molecule has 2 aromatic carbocycles. The molecular formula is C25H25N3O4. The van der Waals surface area contributed by atoms with Crippen LogP contribution in [0.15, 0.2) is 65.6 Å². The van der Waals surface area contributed by atoms with E-state index in [0.717, 1.165) is 30.8 Å². The van der Waals surface area contributed by atoms with Crippen LogP contribution in [0.25, 0.3) is 0 Å². The van der Waals surface area contributed by atoms with Crippen molar-refractivity contribution in [2.24, 2.45) is 0 Å². The van der Waals surface area contributed by atoms with Crippen molar-refractivity contribution in [3.63, 3.8) is 0 Å². The van der Waals surface area contributed by atoms with Crippen molar-refractivity contribution >= 4 is 11.6 Å². The van der Waals surface area contributed by atoms with Crippen LogP contribution in [0, 0.1) is 6.92 Å². The molecule has 3 heterocycles. The van der Waals surface area contributed by atoms with E-state index in [0.29, 0.717) is 23.6 Å². The number of amides is 1. The van der Waals surface area contributed by atoms with Gasteiger partial charge in [-0.2, -0.15) is 0 Å². The summed E-state index contributed by atoms with van der Waals surface area (Å²) in [7, 11) is 0. The summed E-state index contributed by atoms with van der Waals surface area (Å²) in [4.78, 5) is 28.5. The molecule has 1 N–H and O–H groups in total. The number of nitrogens with zero attached hydrogens (tertiary/aromatic N) is 2. The Bertz CT molecular complexity index is 1210. The Morgan fingerprint density at radius 1 is 1.09 bits per heavy atom. The summed E-state index contributed by atoms with van der Waals surface area (Å²) in [5, 5.41) is 3.07. The van der Waals surface area contributed by atoms with Gasteiger partial charge in [0.15, 0.2) is 11.5 Å². The number of aryl methyl sites for hydroxylation is 1. The van der Waals surface area contributed by atoms with Gasteiger partial charge in [0.25, 0.3) is 11.5 Å². The standard InChI is InChI=1S/C25H25N3O4/c1-17-9-11-28(14-18-7-8-21-22(13-18)32-16-31-21)25(30)23(17)24(29)26-19-10-12-27(15-19)20-5-3-2-4-6-20/h2-9,11,13,19H,10,12,14-16H2,1H3,(H,26,29). The number of aromatic nitrogens is 1. The fourth-order valence-electron chi connectivity index (χ4n) is 4.31. The molecule has 1 aromatic heterocycles.